The Kier molecular flexibility index (Phi) is 5.06. The first-order chi connectivity index (χ1) is 11.2. The largest absolute Gasteiger partial charge is 0.320 e. The van der Waals surface area contributed by atoms with Gasteiger partial charge in [0.25, 0.3) is 5.91 Å². The van der Waals surface area contributed by atoms with Gasteiger partial charge in [0, 0.05) is 11.6 Å². The first kappa shape index (κ1) is 16.1. The van der Waals surface area contributed by atoms with Gasteiger partial charge in [-0.25, -0.2) is 0 Å². The fourth-order valence-electron chi connectivity index (χ4n) is 3.22. The number of hydrogen-bond donors (Lipinski definition) is 0. The Labute approximate surface area is 142 Å². The number of nitrogens with zero attached hydrogens (tertiary/aromatic N) is 1. The number of carbonyl (C=O) groups excluding carboxylic acids is 1. The van der Waals surface area contributed by atoms with Gasteiger partial charge in [0.2, 0.25) is 0 Å². The number of carbonyl (C=O) groups is 1. The maximum Gasteiger partial charge on any atom is 0.255 e. The number of rotatable bonds is 6. The van der Waals surface area contributed by atoms with E-state index in [4.69, 9.17) is 0 Å². The van der Waals surface area contributed by atoms with Crippen molar-refractivity contribution in [2.45, 2.75) is 38.1 Å². The number of hydrogen-bond acceptors (Lipinski definition) is 2. The van der Waals surface area contributed by atoms with Crippen LogP contribution >= 0.6 is 11.8 Å². The van der Waals surface area contributed by atoms with E-state index in [-0.39, 0.29) is 17.3 Å². The van der Waals surface area contributed by atoms with Crippen molar-refractivity contribution in [2.24, 2.45) is 0 Å². The molecular formula is C20H23NOS. The molecule has 3 rings (SSSR count). The molecule has 120 valence electrons. The van der Waals surface area contributed by atoms with E-state index in [0.29, 0.717) is 0 Å². The Morgan fingerprint density at radius 1 is 1.09 bits per heavy atom. The van der Waals surface area contributed by atoms with Crippen LogP contribution in [0.4, 0.5) is 0 Å². The van der Waals surface area contributed by atoms with Gasteiger partial charge >= 0.3 is 0 Å². The molecule has 0 bridgehead atoms. The topological polar surface area (TPSA) is 20.3 Å². The molecule has 2 aromatic rings. The second-order valence-electron chi connectivity index (χ2n) is 5.98. The van der Waals surface area contributed by atoms with Gasteiger partial charge in [-0.1, -0.05) is 55.5 Å². The monoisotopic (exact) mass is 325 g/mol. The summed E-state index contributed by atoms with van der Waals surface area (Å²) in [5, 5.41) is 0.162. The summed E-state index contributed by atoms with van der Waals surface area (Å²) in [6.45, 7) is 4.33. The van der Waals surface area contributed by atoms with E-state index < -0.39 is 0 Å². The molecule has 1 aliphatic heterocycles. The van der Waals surface area contributed by atoms with Gasteiger partial charge in [0.15, 0.2) is 0 Å². The fraction of sp³-hybridized carbons (Fsp3) is 0.350. The van der Waals surface area contributed by atoms with Crippen LogP contribution in [0.15, 0.2) is 54.6 Å². The molecule has 1 amide bonds. The molecule has 0 aliphatic carbocycles. The summed E-state index contributed by atoms with van der Waals surface area (Å²) >= 11 is 1.85. The highest BCUT2D eigenvalue weighted by molar-refractivity contribution is 7.99. The molecule has 2 nitrogen and oxygen atoms in total. The Bertz CT molecular complexity index is 670. The summed E-state index contributed by atoms with van der Waals surface area (Å²) in [5.41, 5.74) is 3.39. The Morgan fingerprint density at radius 2 is 1.78 bits per heavy atom. The highest BCUT2D eigenvalue weighted by atomic mass is 32.2. The van der Waals surface area contributed by atoms with E-state index in [2.05, 4.69) is 49.1 Å². The van der Waals surface area contributed by atoms with Gasteiger partial charge < -0.3 is 4.90 Å². The predicted octanol–water partition coefficient (Wildman–Crippen LogP) is 4.92. The minimum Gasteiger partial charge on any atom is -0.320 e. The molecule has 1 aliphatic rings. The van der Waals surface area contributed by atoms with Gasteiger partial charge in [-0.3, -0.25) is 4.79 Å². The van der Waals surface area contributed by atoms with Crippen molar-refractivity contribution in [2.75, 3.05) is 5.75 Å². The molecule has 0 radical (unpaired) electrons. The molecule has 2 aromatic carbocycles. The lowest BCUT2D eigenvalue weighted by Gasteiger charge is -2.31. The first-order valence-electron chi connectivity index (χ1n) is 8.29. The average Bonchev–Trinajstić information content (AvgIpc) is 2.87. The van der Waals surface area contributed by atoms with E-state index in [1.165, 1.54) is 11.1 Å². The quantitative estimate of drug-likeness (QED) is 0.751. The van der Waals surface area contributed by atoms with Crippen molar-refractivity contribution in [3.05, 3.63) is 71.3 Å². The smallest absolute Gasteiger partial charge is 0.255 e. The van der Waals surface area contributed by atoms with E-state index in [0.717, 1.165) is 24.2 Å². The molecule has 0 saturated heterocycles. The number of aryl methyl sites for hydroxylation is 1. The normalized spacial score (nSPS) is 18.1. The van der Waals surface area contributed by atoms with Gasteiger partial charge in [-0.05, 0) is 42.7 Å². The average molecular weight is 325 g/mol. The van der Waals surface area contributed by atoms with Crippen LogP contribution in [0.2, 0.25) is 0 Å². The number of fused-ring (bicyclic) bond motifs is 1. The lowest BCUT2D eigenvalue weighted by molar-refractivity contribution is 0.0703. The molecule has 0 fully saturated rings. The first-order valence-corrected chi connectivity index (χ1v) is 9.34. The summed E-state index contributed by atoms with van der Waals surface area (Å²) in [7, 11) is 0. The standard InChI is InChI=1S/C20H23NOS/c1-3-23-20-18-12-8-7-11-17(18)19(22)21(20)15(2)13-14-16-9-5-4-6-10-16/h4-12,15,20H,3,13-14H2,1-2H3/t15-,20-/m0/s1. The molecular weight excluding hydrogens is 302 g/mol. The molecule has 0 N–H and O–H groups in total. The minimum atomic E-state index is 0.162. The highest BCUT2D eigenvalue weighted by Crippen LogP contribution is 2.42. The van der Waals surface area contributed by atoms with Crippen LogP contribution in [-0.4, -0.2) is 22.6 Å². The van der Waals surface area contributed by atoms with E-state index in [1.807, 2.05) is 36.0 Å². The van der Waals surface area contributed by atoms with Crippen molar-refractivity contribution in [3.8, 4) is 0 Å². The van der Waals surface area contributed by atoms with Crippen molar-refractivity contribution < 1.29 is 4.79 Å². The van der Waals surface area contributed by atoms with Crippen LogP contribution in [0.1, 0.15) is 47.1 Å². The molecule has 1 heterocycles. The summed E-state index contributed by atoms with van der Waals surface area (Å²) in [4.78, 5) is 14.9. The van der Waals surface area contributed by atoms with Crippen molar-refractivity contribution in [3.63, 3.8) is 0 Å². The minimum absolute atomic E-state index is 0.162. The molecule has 0 aromatic heterocycles. The van der Waals surface area contributed by atoms with E-state index in [9.17, 15) is 4.79 Å². The molecule has 0 saturated carbocycles. The summed E-state index contributed by atoms with van der Waals surface area (Å²) in [6, 6.07) is 18.8. The second-order valence-corrected chi connectivity index (χ2v) is 7.34. The fourth-order valence-corrected chi connectivity index (χ4v) is 4.39. The van der Waals surface area contributed by atoms with Crippen molar-refractivity contribution in [1.82, 2.24) is 4.90 Å². The molecule has 2 atom stereocenters. The number of thioether (sulfide) groups is 1. The van der Waals surface area contributed by atoms with E-state index in [1.54, 1.807) is 0 Å². The SMILES string of the molecule is CCS[C@H]1c2ccccc2C(=O)N1[C@@H](C)CCc1ccccc1. The van der Waals surface area contributed by atoms with Crippen LogP contribution in [0.25, 0.3) is 0 Å². The Hall–Kier alpha value is -1.74. The third-order valence-electron chi connectivity index (χ3n) is 4.44. The lowest BCUT2D eigenvalue weighted by Crippen LogP contribution is -2.35. The van der Waals surface area contributed by atoms with E-state index >= 15 is 0 Å². The molecule has 3 heteroatoms. The Morgan fingerprint density at radius 3 is 2.52 bits per heavy atom. The molecule has 23 heavy (non-hydrogen) atoms. The lowest BCUT2D eigenvalue weighted by atomic mass is 10.1. The summed E-state index contributed by atoms with van der Waals surface area (Å²) < 4.78 is 0. The van der Waals surface area contributed by atoms with Crippen LogP contribution < -0.4 is 0 Å². The van der Waals surface area contributed by atoms with Gasteiger partial charge in [-0.2, -0.15) is 0 Å². The summed E-state index contributed by atoms with van der Waals surface area (Å²) in [6.07, 6.45) is 2.00. The van der Waals surface area contributed by atoms with Crippen LogP contribution in [0, 0.1) is 0 Å². The third kappa shape index (κ3) is 3.30. The Balaban J connectivity index is 1.76. The zero-order valence-corrected chi connectivity index (χ0v) is 14.6. The van der Waals surface area contributed by atoms with Crippen LogP contribution in [0.5, 0.6) is 0 Å². The molecule has 0 spiro atoms. The number of amides is 1. The molecule has 0 unspecified atom stereocenters. The predicted molar refractivity (Wildman–Crippen MR) is 97.7 cm³/mol. The second kappa shape index (κ2) is 7.22. The third-order valence-corrected chi connectivity index (χ3v) is 5.57. The van der Waals surface area contributed by atoms with Gasteiger partial charge in [0.05, 0.1) is 0 Å². The van der Waals surface area contributed by atoms with Crippen LogP contribution in [-0.2, 0) is 6.42 Å². The summed E-state index contributed by atoms with van der Waals surface area (Å²) in [5.74, 6) is 1.20. The highest BCUT2D eigenvalue weighted by Gasteiger charge is 2.38. The zero-order chi connectivity index (χ0) is 16.2. The maximum atomic E-state index is 12.8. The van der Waals surface area contributed by atoms with Gasteiger partial charge in [0.1, 0.15) is 5.37 Å². The van der Waals surface area contributed by atoms with Crippen LogP contribution in [0.3, 0.4) is 0 Å². The maximum absolute atomic E-state index is 12.8. The number of benzene rings is 2. The zero-order valence-electron chi connectivity index (χ0n) is 13.7. The van der Waals surface area contributed by atoms with Crippen molar-refractivity contribution in [1.29, 1.82) is 0 Å². The van der Waals surface area contributed by atoms with Crippen molar-refractivity contribution >= 4 is 17.7 Å². The van der Waals surface area contributed by atoms with Gasteiger partial charge in [-0.15, -0.1) is 11.8 Å².